The molecule has 0 spiro atoms. The van der Waals surface area contributed by atoms with Crippen LogP contribution in [0.15, 0.2) is 0 Å². The van der Waals surface area contributed by atoms with Crippen LogP contribution in [0.5, 0.6) is 0 Å². The van der Waals surface area contributed by atoms with Crippen LogP contribution >= 0.6 is 13.5 Å². The van der Waals surface area contributed by atoms with E-state index in [9.17, 15) is 4.79 Å². The fourth-order valence-electron chi connectivity index (χ4n) is 0.958. The van der Waals surface area contributed by atoms with E-state index in [2.05, 4.69) is 5.32 Å². The van der Waals surface area contributed by atoms with Gasteiger partial charge in [-0.05, 0) is 27.7 Å². The van der Waals surface area contributed by atoms with Crippen LogP contribution in [0, 0.1) is 0 Å². The van der Waals surface area contributed by atoms with Crippen LogP contribution in [0.2, 0.25) is 0 Å². The van der Waals surface area contributed by atoms with E-state index in [1.54, 1.807) is 0 Å². The van der Waals surface area contributed by atoms with Crippen LogP contribution in [-0.2, 0) is 9.53 Å². The molecule has 0 aromatic rings. The van der Waals surface area contributed by atoms with Crippen LogP contribution < -0.4 is 5.32 Å². The van der Waals surface area contributed by atoms with Gasteiger partial charge in [0.1, 0.15) is 11.6 Å². The highest BCUT2D eigenvalue weighted by Crippen LogP contribution is 2.08. The molecule has 0 aromatic carbocycles. The van der Waals surface area contributed by atoms with E-state index in [4.69, 9.17) is 4.74 Å². The zero-order valence-corrected chi connectivity index (χ0v) is 11.0. The molecule has 0 radical (unpaired) electrons. The highest BCUT2D eigenvalue weighted by molar-refractivity contribution is 7.59. The highest BCUT2D eigenvalue weighted by Gasteiger charge is 2.21. The maximum Gasteiger partial charge on any atom is 0.323 e. The third-order valence-corrected chi connectivity index (χ3v) is 1.34. The van der Waals surface area contributed by atoms with Crippen molar-refractivity contribution in [1.29, 1.82) is 0 Å². The Morgan fingerprint density at radius 3 is 1.93 bits per heavy atom. The Morgan fingerprint density at radius 2 is 1.64 bits per heavy atom. The normalized spacial score (nSPS) is 13.4. The number of rotatable bonds is 3. The fourth-order valence-corrected chi connectivity index (χ4v) is 0.958. The van der Waals surface area contributed by atoms with Crippen LogP contribution in [-0.4, -0.2) is 23.7 Å². The maximum absolute atomic E-state index is 11.4. The summed E-state index contributed by atoms with van der Waals surface area (Å²) >= 11 is 0. The van der Waals surface area contributed by atoms with E-state index in [0.717, 1.165) is 0 Å². The predicted molar refractivity (Wildman–Crippen MR) is 64.0 cm³/mol. The Balaban J connectivity index is 0. The van der Waals surface area contributed by atoms with Crippen molar-refractivity contribution in [2.45, 2.75) is 59.2 Å². The molecule has 0 saturated heterocycles. The fraction of sp³-hybridized carbons (Fsp3) is 0.900. The SMILES string of the molecule is CC(C)N[C@@H](C)C(=O)OC(C)(C)C.S. The molecule has 0 aliphatic rings. The van der Waals surface area contributed by atoms with Crippen molar-refractivity contribution in [2.24, 2.45) is 0 Å². The molecule has 3 nitrogen and oxygen atoms in total. The molecule has 0 saturated carbocycles. The lowest BCUT2D eigenvalue weighted by Crippen LogP contribution is -2.42. The monoisotopic (exact) mass is 221 g/mol. The van der Waals surface area contributed by atoms with Gasteiger partial charge in [0, 0.05) is 6.04 Å². The molecule has 1 atom stereocenters. The predicted octanol–water partition coefficient (Wildman–Crippen LogP) is 1.83. The molecule has 0 unspecified atom stereocenters. The van der Waals surface area contributed by atoms with Gasteiger partial charge in [0.15, 0.2) is 0 Å². The van der Waals surface area contributed by atoms with Crippen molar-refractivity contribution in [1.82, 2.24) is 5.32 Å². The highest BCUT2D eigenvalue weighted by atomic mass is 32.1. The Hall–Kier alpha value is -0.220. The van der Waals surface area contributed by atoms with E-state index < -0.39 is 5.60 Å². The minimum atomic E-state index is -0.399. The van der Waals surface area contributed by atoms with Crippen LogP contribution in [0.3, 0.4) is 0 Å². The van der Waals surface area contributed by atoms with E-state index in [-0.39, 0.29) is 25.5 Å². The first-order valence-electron chi connectivity index (χ1n) is 4.71. The molecule has 0 aromatic heterocycles. The first kappa shape index (κ1) is 16.2. The second-order valence-electron chi connectivity index (χ2n) is 4.58. The molecule has 0 heterocycles. The smallest absolute Gasteiger partial charge is 0.323 e. The summed E-state index contributed by atoms with van der Waals surface area (Å²) < 4.78 is 5.20. The van der Waals surface area contributed by atoms with Gasteiger partial charge < -0.3 is 10.1 Å². The van der Waals surface area contributed by atoms with Gasteiger partial charge in [-0.2, -0.15) is 13.5 Å². The molecule has 0 rings (SSSR count). The van der Waals surface area contributed by atoms with Crippen LogP contribution in [0.25, 0.3) is 0 Å². The summed E-state index contributed by atoms with van der Waals surface area (Å²) in [7, 11) is 0. The molecule has 0 bridgehead atoms. The third-order valence-electron chi connectivity index (χ3n) is 1.34. The number of esters is 1. The number of nitrogens with one attached hydrogen (secondary N) is 1. The van der Waals surface area contributed by atoms with Gasteiger partial charge in [0.25, 0.3) is 0 Å². The number of ether oxygens (including phenoxy) is 1. The Bertz CT molecular complexity index is 175. The molecule has 1 N–H and O–H groups in total. The standard InChI is InChI=1S/C10H21NO2.H2S/c1-7(2)11-8(3)9(12)13-10(4,5)6;/h7-8,11H,1-6H3;1H2/t8-;/m0./s1. The summed E-state index contributed by atoms with van der Waals surface area (Å²) in [6, 6.07) is 0.0572. The van der Waals surface area contributed by atoms with Crippen molar-refractivity contribution in [3.8, 4) is 0 Å². The Labute approximate surface area is 94.0 Å². The number of hydrogen-bond acceptors (Lipinski definition) is 3. The quantitative estimate of drug-likeness (QED) is 0.739. The number of carbonyl (C=O) groups is 1. The summed E-state index contributed by atoms with van der Waals surface area (Å²) in [6.07, 6.45) is 0. The van der Waals surface area contributed by atoms with Crippen LogP contribution in [0.4, 0.5) is 0 Å². The lowest BCUT2D eigenvalue weighted by molar-refractivity contribution is -0.157. The van der Waals surface area contributed by atoms with Gasteiger partial charge in [-0.1, -0.05) is 13.8 Å². The summed E-state index contributed by atoms with van der Waals surface area (Å²) in [5, 5.41) is 3.09. The van der Waals surface area contributed by atoms with Gasteiger partial charge in [0.2, 0.25) is 0 Å². The first-order valence-corrected chi connectivity index (χ1v) is 4.71. The topological polar surface area (TPSA) is 38.3 Å². The van der Waals surface area contributed by atoms with Gasteiger partial charge in [0.05, 0.1) is 0 Å². The van der Waals surface area contributed by atoms with E-state index in [0.29, 0.717) is 6.04 Å². The first-order chi connectivity index (χ1) is 5.72. The lowest BCUT2D eigenvalue weighted by atomic mass is 10.2. The third kappa shape index (κ3) is 8.38. The molecule has 86 valence electrons. The molecule has 4 heteroatoms. The van der Waals surface area contributed by atoms with Crippen LogP contribution in [0.1, 0.15) is 41.5 Å². The second-order valence-corrected chi connectivity index (χ2v) is 4.58. The number of carbonyl (C=O) groups excluding carboxylic acids is 1. The van der Waals surface area contributed by atoms with Gasteiger partial charge in [-0.3, -0.25) is 4.79 Å². The molecule has 14 heavy (non-hydrogen) atoms. The van der Waals surface area contributed by atoms with Gasteiger partial charge in [-0.15, -0.1) is 0 Å². The van der Waals surface area contributed by atoms with Crippen molar-refractivity contribution < 1.29 is 9.53 Å². The molecule has 0 amide bonds. The minimum Gasteiger partial charge on any atom is -0.459 e. The average molecular weight is 221 g/mol. The zero-order chi connectivity index (χ0) is 10.6. The largest absolute Gasteiger partial charge is 0.459 e. The lowest BCUT2D eigenvalue weighted by Gasteiger charge is -2.23. The van der Waals surface area contributed by atoms with E-state index in [1.807, 2.05) is 41.5 Å². The molecule has 0 aliphatic heterocycles. The average Bonchev–Trinajstić information content (AvgIpc) is 1.81. The maximum atomic E-state index is 11.4. The van der Waals surface area contributed by atoms with Crippen molar-refractivity contribution in [3.63, 3.8) is 0 Å². The summed E-state index contributed by atoms with van der Waals surface area (Å²) in [6.45, 7) is 11.4. The van der Waals surface area contributed by atoms with Crippen molar-refractivity contribution in [2.75, 3.05) is 0 Å². The van der Waals surface area contributed by atoms with Crippen molar-refractivity contribution in [3.05, 3.63) is 0 Å². The Morgan fingerprint density at radius 1 is 1.21 bits per heavy atom. The van der Waals surface area contributed by atoms with Gasteiger partial charge >= 0.3 is 5.97 Å². The summed E-state index contributed by atoms with van der Waals surface area (Å²) in [4.78, 5) is 11.4. The summed E-state index contributed by atoms with van der Waals surface area (Å²) in [5.74, 6) is -0.193. The zero-order valence-electron chi connectivity index (χ0n) is 9.97. The summed E-state index contributed by atoms with van der Waals surface area (Å²) in [5.41, 5.74) is -0.399. The Kier molecular flexibility index (Phi) is 7.30. The minimum absolute atomic E-state index is 0. The van der Waals surface area contributed by atoms with E-state index in [1.165, 1.54) is 0 Å². The van der Waals surface area contributed by atoms with Crippen molar-refractivity contribution >= 4 is 19.5 Å². The second kappa shape index (κ2) is 6.30. The van der Waals surface area contributed by atoms with Gasteiger partial charge in [-0.25, -0.2) is 0 Å². The molecule has 0 fully saturated rings. The van der Waals surface area contributed by atoms with E-state index >= 15 is 0 Å². The molecular formula is C10H23NO2S. The molecular weight excluding hydrogens is 198 g/mol. The number of hydrogen-bond donors (Lipinski definition) is 1. The molecule has 0 aliphatic carbocycles.